The third-order valence-electron chi connectivity index (χ3n) is 2.16. The quantitative estimate of drug-likeness (QED) is 0.939. The molecule has 1 heterocycles. The lowest BCUT2D eigenvalue weighted by Gasteiger charge is -2.03. The molecule has 0 aliphatic heterocycles. The molecular formula is C12H10BrNO2. The van der Waals surface area contributed by atoms with Crippen LogP contribution in [-0.4, -0.2) is 5.91 Å². The van der Waals surface area contributed by atoms with Gasteiger partial charge in [0.1, 0.15) is 0 Å². The van der Waals surface area contributed by atoms with Gasteiger partial charge in [-0.2, -0.15) is 0 Å². The largest absolute Gasteiger partial charge is 0.457 e. The number of nitrogens with one attached hydrogen (secondary N) is 1. The van der Waals surface area contributed by atoms with Crippen LogP contribution in [0.1, 0.15) is 15.9 Å². The Labute approximate surface area is 102 Å². The lowest BCUT2D eigenvalue weighted by atomic mass is 10.2. The lowest BCUT2D eigenvalue weighted by molar-refractivity contribution is 0.0949. The molecule has 0 fully saturated rings. The fourth-order valence-electron chi connectivity index (χ4n) is 1.33. The van der Waals surface area contributed by atoms with Crippen molar-refractivity contribution in [3.8, 4) is 0 Å². The van der Waals surface area contributed by atoms with E-state index in [2.05, 4.69) is 21.2 Å². The fourth-order valence-corrected chi connectivity index (χ4v) is 1.75. The molecule has 4 heteroatoms. The molecule has 0 spiro atoms. The first-order chi connectivity index (χ1) is 7.77. The maximum Gasteiger partial charge on any atom is 0.256 e. The van der Waals surface area contributed by atoms with Gasteiger partial charge in [0.15, 0.2) is 4.67 Å². The van der Waals surface area contributed by atoms with Crippen LogP contribution in [0.15, 0.2) is 51.7 Å². The first kappa shape index (κ1) is 11.0. The van der Waals surface area contributed by atoms with E-state index in [4.69, 9.17) is 4.42 Å². The zero-order chi connectivity index (χ0) is 11.4. The maximum atomic E-state index is 11.7. The second kappa shape index (κ2) is 4.99. The van der Waals surface area contributed by atoms with Crippen molar-refractivity contribution in [3.05, 3.63) is 58.5 Å². The minimum absolute atomic E-state index is 0.149. The van der Waals surface area contributed by atoms with Gasteiger partial charge >= 0.3 is 0 Å². The highest BCUT2D eigenvalue weighted by Gasteiger charge is 2.11. The predicted molar refractivity (Wildman–Crippen MR) is 64.0 cm³/mol. The van der Waals surface area contributed by atoms with E-state index in [0.29, 0.717) is 16.8 Å². The standard InChI is InChI=1S/C12H10BrNO2/c13-11-10(6-7-16-11)12(15)14-8-9-4-2-1-3-5-9/h1-7H,8H2,(H,14,15). The topological polar surface area (TPSA) is 42.2 Å². The molecule has 0 bridgehead atoms. The number of halogens is 1. The summed E-state index contributed by atoms with van der Waals surface area (Å²) >= 11 is 3.17. The average molecular weight is 280 g/mol. The van der Waals surface area contributed by atoms with E-state index in [0.717, 1.165) is 5.56 Å². The monoisotopic (exact) mass is 279 g/mol. The number of amides is 1. The molecule has 16 heavy (non-hydrogen) atoms. The first-order valence-corrected chi connectivity index (χ1v) is 5.62. The van der Waals surface area contributed by atoms with Gasteiger partial charge in [0.25, 0.3) is 5.91 Å². The maximum absolute atomic E-state index is 11.7. The van der Waals surface area contributed by atoms with Crippen LogP contribution >= 0.6 is 15.9 Å². The minimum Gasteiger partial charge on any atom is -0.457 e. The summed E-state index contributed by atoms with van der Waals surface area (Å²) in [6.07, 6.45) is 1.47. The molecule has 0 aliphatic carbocycles. The molecule has 0 radical (unpaired) electrons. The normalized spacial score (nSPS) is 10.1. The molecule has 1 N–H and O–H groups in total. The van der Waals surface area contributed by atoms with Gasteiger partial charge < -0.3 is 9.73 Å². The molecule has 0 aliphatic rings. The predicted octanol–water partition coefficient (Wildman–Crippen LogP) is 2.97. The number of benzene rings is 1. The van der Waals surface area contributed by atoms with Gasteiger partial charge in [0.05, 0.1) is 11.8 Å². The molecule has 0 saturated heterocycles. The Morgan fingerprint density at radius 2 is 2.00 bits per heavy atom. The van der Waals surface area contributed by atoms with E-state index < -0.39 is 0 Å². The molecule has 2 aromatic rings. The Kier molecular flexibility index (Phi) is 3.41. The Hall–Kier alpha value is -1.55. The summed E-state index contributed by atoms with van der Waals surface area (Å²) in [7, 11) is 0. The Morgan fingerprint density at radius 3 is 2.62 bits per heavy atom. The summed E-state index contributed by atoms with van der Waals surface area (Å²) < 4.78 is 5.45. The smallest absolute Gasteiger partial charge is 0.256 e. The zero-order valence-electron chi connectivity index (χ0n) is 8.44. The van der Waals surface area contributed by atoms with Gasteiger partial charge in [-0.05, 0) is 27.6 Å². The molecule has 2 rings (SSSR count). The highest BCUT2D eigenvalue weighted by atomic mass is 79.9. The van der Waals surface area contributed by atoms with E-state index in [9.17, 15) is 4.79 Å². The van der Waals surface area contributed by atoms with E-state index in [1.807, 2.05) is 30.3 Å². The van der Waals surface area contributed by atoms with Crippen molar-refractivity contribution in [1.29, 1.82) is 0 Å². The van der Waals surface area contributed by atoms with Crippen molar-refractivity contribution < 1.29 is 9.21 Å². The van der Waals surface area contributed by atoms with Crippen LogP contribution < -0.4 is 5.32 Å². The van der Waals surface area contributed by atoms with Gasteiger partial charge in [-0.15, -0.1) is 0 Å². The Balaban J connectivity index is 1.97. The SMILES string of the molecule is O=C(NCc1ccccc1)c1ccoc1Br. The van der Waals surface area contributed by atoms with Crippen LogP contribution in [0.4, 0.5) is 0 Å². The molecule has 1 amide bonds. The lowest BCUT2D eigenvalue weighted by Crippen LogP contribution is -2.22. The van der Waals surface area contributed by atoms with E-state index in [-0.39, 0.29) is 5.91 Å². The van der Waals surface area contributed by atoms with Crippen molar-refractivity contribution >= 4 is 21.8 Å². The van der Waals surface area contributed by atoms with Crippen LogP contribution in [0, 0.1) is 0 Å². The number of furan rings is 1. The summed E-state index contributed by atoms with van der Waals surface area (Å²) in [6.45, 7) is 0.511. The summed E-state index contributed by atoms with van der Waals surface area (Å²) in [5.74, 6) is -0.149. The molecule has 1 aromatic carbocycles. The molecule has 82 valence electrons. The van der Waals surface area contributed by atoms with Crippen molar-refractivity contribution in [3.63, 3.8) is 0 Å². The van der Waals surface area contributed by atoms with Gasteiger partial charge in [-0.3, -0.25) is 4.79 Å². The summed E-state index contributed by atoms with van der Waals surface area (Å²) in [6, 6.07) is 11.4. The van der Waals surface area contributed by atoms with Gasteiger partial charge in [0.2, 0.25) is 0 Å². The molecule has 3 nitrogen and oxygen atoms in total. The number of hydrogen-bond acceptors (Lipinski definition) is 2. The van der Waals surface area contributed by atoms with Crippen LogP contribution in [-0.2, 0) is 6.54 Å². The highest BCUT2D eigenvalue weighted by Crippen LogP contribution is 2.17. The number of hydrogen-bond donors (Lipinski definition) is 1. The minimum atomic E-state index is -0.149. The van der Waals surface area contributed by atoms with Crippen molar-refractivity contribution in [1.82, 2.24) is 5.32 Å². The van der Waals surface area contributed by atoms with Gasteiger partial charge in [0, 0.05) is 6.54 Å². The van der Waals surface area contributed by atoms with Crippen LogP contribution in [0.2, 0.25) is 0 Å². The third-order valence-corrected chi connectivity index (χ3v) is 2.77. The number of carbonyl (C=O) groups excluding carboxylic acids is 1. The van der Waals surface area contributed by atoms with E-state index in [1.165, 1.54) is 6.26 Å². The summed E-state index contributed by atoms with van der Waals surface area (Å²) in [5.41, 5.74) is 1.58. The second-order valence-corrected chi connectivity index (χ2v) is 4.00. The zero-order valence-corrected chi connectivity index (χ0v) is 10.0. The van der Waals surface area contributed by atoms with Crippen molar-refractivity contribution in [2.24, 2.45) is 0 Å². The van der Waals surface area contributed by atoms with Crippen LogP contribution in [0.3, 0.4) is 0 Å². The van der Waals surface area contributed by atoms with Crippen LogP contribution in [0.25, 0.3) is 0 Å². The van der Waals surface area contributed by atoms with Gasteiger partial charge in [-0.25, -0.2) is 0 Å². The van der Waals surface area contributed by atoms with Crippen molar-refractivity contribution in [2.45, 2.75) is 6.54 Å². The number of carbonyl (C=O) groups is 1. The average Bonchev–Trinajstić information content (AvgIpc) is 2.74. The van der Waals surface area contributed by atoms with E-state index >= 15 is 0 Å². The molecule has 0 saturated carbocycles. The Morgan fingerprint density at radius 1 is 1.25 bits per heavy atom. The van der Waals surface area contributed by atoms with Crippen LogP contribution in [0.5, 0.6) is 0 Å². The first-order valence-electron chi connectivity index (χ1n) is 4.82. The summed E-state index contributed by atoms with van der Waals surface area (Å²) in [5, 5.41) is 2.81. The van der Waals surface area contributed by atoms with Crippen molar-refractivity contribution in [2.75, 3.05) is 0 Å². The van der Waals surface area contributed by atoms with E-state index in [1.54, 1.807) is 6.07 Å². The Bertz CT molecular complexity index is 479. The summed E-state index contributed by atoms with van der Waals surface area (Å²) in [4.78, 5) is 11.7. The second-order valence-electron chi connectivity index (χ2n) is 3.28. The van der Waals surface area contributed by atoms with Gasteiger partial charge in [-0.1, -0.05) is 30.3 Å². The highest BCUT2D eigenvalue weighted by molar-refractivity contribution is 9.10. The fraction of sp³-hybridized carbons (Fsp3) is 0.0833. The molecule has 0 atom stereocenters. The molecular weight excluding hydrogens is 270 g/mol. The third kappa shape index (κ3) is 2.52. The molecule has 1 aromatic heterocycles. The number of rotatable bonds is 3. The molecule has 0 unspecified atom stereocenters.